The lowest BCUT2D eigenvalue weighted by Crippen LogP contribution is -2.10. The molecule has 0 N–H and O–H groups in total. The number of allylic oxidation sites excluding steroid dienone is 1. The van der Waals surface area contributed by atoms with Crippen LogP contribution in [0.25, 0.3) is 60.9 Å². The van der Waals surface area contributed by atoms with Gasteiger partial charge in [0.05, 0.1) is 0 Å². The highest BCUT2D eigenvalue weighted by Gasteiger charge is 2.31. The fraction of sp³-hybridized carbons (Fsp3) is 0.0488. The summed E-state index contributed by atoms with van der Waals surface area (Å²) in [7, 11) is 0. The highest BCUT2D eigenvalue weighted by atomic mass is 16.3. The molecule has 0 saturated carbocycles. The molecule has 0 saturated heterocycles. The van der Waals surface area contributed by atoms with Crippen LogP contribution in [0.1, 0.15) is 35.1 Å². The Labute approximate surface area is 260 Å². The van der Waals surface area contributed by atoms with Crippen molar-refractivity contribution in [3.8, 4) is 22.8 Å². The first kappa shape index (κ1) is 25.6. The topological polar surface area (TPSA) is 51.8 Å². The van der Waals surface area contributed by atoms with Crippen LogP contribution in [0.5, 0.6) is 0 Å². The first-order valence-electron chi connectivity index (χ1n) is 15.3. The van der Waals surface area contributed by atoms with E-state index in [9.17, 15) is 0 Å². The van der Waals surface area contributed by atoms with Gasteiger partial charge >= 0.3 is 0 Å². The molecule has 1 aliphatic rings. The van der Waals surface area contributed by atoms with Gasteiger partial charge in [-0.1, -0.05) is 133 Å². The van der Waals surface area contributed by atoms with Gasteiger partial charge in [-0.3, -0.25) is 0 Å². The lowest BCUT2D eigenvalue weighted by atomic mass is 9.83. The Morgan fingerprint density at radius 2 is 1.13 bits per heavy atom. The van der Waals surface area contributed by atoms with Crippen molar-refractivity contribution in [1.29, 1.82) is 0 Å². The molecule has 0 radical (unpaired) electrons. The molecule has 45 heavy (non-hydrogen) atoms. The van der Waals surface area contributed by atoms with Gasteiger partial charge < -0.3 is 4.42 Å². The lowest BCUT2D eigenvalue weighted by Gasteiger charge is -2.22. The number of hydrogen-bond donors (Lipinski definition) is 0. The van der Waals surface area contributed by atoms with Crippen LogP contribution in [0.2, 0.25) is 0 Å². The van der Waals surface area contributed by atoms with E-state index < -0.39 is 0 Å². The second-order valence-electron chi connectivity index (χ2n) is 11.5. The number of hydrogen-bond acceptors (Lipinski definition) is 4. The minimum atomic E-state index is 0.112. The van der Waals surface area contributed by atoms with Crippen LogP contribution in [-0.4, -0.2) is 15.0 Å². The van der Waals surface area contributed by atoms with E-state index in [0.29, 0.717) is 17.5 Å². The summed E-state index contributed by atoms with van der Waals surface area (Å²) < 4.78 is 6.62. The van der Waals surface area contributed by atoms with E-state index in [0.717, 1.165) is 45.4 Å². The molecule has 0 bridgehead atoms. The number of fused-ring (bicyclic) bond motifs is 6. The number of benzene rings is 6. The molecule has 0 amide bonds. The Morgan fingerprint density at radius 1 is 0.511 bits per heavy atom. The van der Waals surface area contributed by atoms with Crippen LogP contribution >= 0.6 is 0 Å². The third-order valence-corrected chi connectivity index (χ3v) is 8.88. The highest BCUT2D eigenvalue weighted by Crippen LogP contribution is 2.45. The van der Waals surface area contributed by atoms with Crippen molar-refractivity contribution in [2.45, 2.75) is 12.3 Å². The van der Waals surface area contributed by atoms with E-state index in [4.69, 9.17) is 19.4 Å². The molecule has 1 unspecified atom stereocenters. The predicted molar refractivity (Wildman–Crippen MR) is 182 cm³/mol. The fourth-order valence-corrected chi connectivity index (χ4v) is 6.69. The molecular formula is C41H27N3O. The maximum atomic E-state index is 6.62. The minimum Gasteiger partial charge on any atom is -0.460 e. The average Bonchev–Trinajstić information content (AvgIpc) is 3.51. The third kappa shape index (κ3) is 4.34. The van der Waals surface area contributed by atoms with E-state index in [1.165, 1.54) is 27.1 Å². The first-order valence-corrected chi connectivity index (χ1v) is 15.3. The van der Waals surface area contributed by atoms with Crippen molar-refractivity contribution in [2.24, 2.45) is 0 Å². The molecule has 212 valence electrons. The zero-order chi connectivity index (χ0) is 29.7. The van der Waals surface area contributed by atoms with Gasteiger partial charge in [-0.15, -0.1) is 0 Å². The molecule has 6 aromatic carbocycles. The van der Waals surface area contributed by atoms with Gasteiger partial charge in [-0.2, -0.15) is 0 Å². The monoisotopic (exact) mass is 577 g/mol. The number of aromatic nitrogens is 3. The summed E-state index contributed by atoms with van der Waals surface area (Å²) in [5.41, 5.74) is 6.05. The summed E-state index contributed by atoms with van der Waals surface area (Å²) in [6.07, 6.45) is 3.07. The molecule has 2 heterocycles. The predicted octanol–water partition coefficient (Wildman–Crippen LogP) is 10.2. The first-order chi connectivity index (χ1) is 22.3. The van der Waals surface area contributed by atoms with Gasteiger partial charge in [-0.05, 0) is 45.7 Å². The molecular weight excluding hydrogens is 550 g/mol. The van der Waals surface area contributed by atoms with Crippen molar-refractivity contribution in [1.82, 2.24) is 15.0 Å². The van der Waals surface area contributed by atoms with E-state index in [1.807, 2.05) is 30.3 Å². The van der Waals surface area contributed by atoms with Crippen molar-refractivity contribution >= 4 is 38.1 Å². The van der Waals surface area contributed by atoms with Gasteiger partial charge in [-0.25, -0.2) is 15.0 Å². The Balaban J connectivity index is 1.27. The SMILES string of the molecule is C1=C(c2nc(-c3ccccc3)nc(-c3ccc4ccc5ccccc5c4c3)n2)c2c(oc3ccccc23)C(c2ccccc2)C1. The van der Waals surface area contributed by atoms with Gasteiger partial charge in [0.2, 0.25) is 0 Å². The fourth-order valence-electron chi connectivity index (χ4n) is 6.69. The molecule has 1 aliphatic carbocycles. The normalized spacial score (nSPS) is 14.5. The zero-order valence-corrected chi connectivity index (χ0v) is 24.4. The van der Waals surface area contributed by atoms with E-state index >= 15 is 0 Å². The van der Waals surface area contributed by atoms with Crippen molar-refractivity contribution in [2.75, 3.05) is 0 Å². The van der Waals surface area contributed by atoms with E-state index in [1.54, 1.807) is 0 Å². The highest BCUT2D eigenvalue weighted by molar-refractivity contribution is 6.08. The van der Waals surface area contributed by atoms with E-state index in [-0.39, 0.29) is 5.92 Å². The number of para-hydroxylation sites is 1. The Bertz CT molecular complexity index is 2410. The lowest BCUT2D eigenvalue weighted by molar-refractivity contribution is 0.515. The number of furan rings is 1. The summed E-state index contributed by atoms with van der Waals surface area (Å²) >= 11 is 0. The molecule has 4 nitrogen and oxygen atoms in total. The van der Waals surface area contributed by atoms with Gasteiger partial charge in [0.25, 0.3) is 0 Å². The second-order valence-corrected chi connectivity index (χ2v) is 11.5. The quantitative estimate of drug-likeness (QED) is 0.195. The molecule has 0 spiro atoms. The van der Waals surface area contributed by atoms with Crippen molar-refractivity contribution in [3.63, 3.8) is 0 Å². The molecule has 0 fully saturated rings. The molecule has 1 atom stereocenters. The van der Waals surface area contributed by atoms with Crippen molar-refractivity contribution in [3.05, 3.63) is 168 Å². The van der Waals surface area contributed by atoms with Crippen LogP contribution in [0, 0.1) is 0 Å². The largest absolute Gasteiger partial charge is 0.460 e. The Hall–Kier alpha value is -5.87. The summed E-state index contributed by atoms with van der Waals surface area (Å²) in [5.74, 6) is 3.01. The van der Waals surface area contributed by atoms with Crippen LogP contribution in [0.4, 0.5) is 0 Å². The summed E-state index contributed by atoms with van der Waals surface area (Å²) in [4.78, 5) is 15.4. The number of rotatable bonds is 4. The van der Waals surface area contributed by atoms with Gasteiger partial charge in [0.15, 0.2) is 17.5 Å². The van der Waals surface area contributed by atoms with Gasteiger partial charge in [0, 0.05) is 33.6 Å². The third-order valence-electron chi connectivity index (χ3n) is 8.88. The molecule has 0 aliphatic heterocycles. The van der Waals surface area contributed by atoms with Crippen LogP contribution in [0.3, 0.4) is 0 Å². The maximum Gasteiger partial charge on any atom is 0.164 e. The van der Waals surface area contributed by atoms with E-state index in [2.05, 4.69) is 115 Å². The Kier molecular flexibility index (Phi) is 5.91. The summed E-state index contributed by atoms with van der Waals surface area (Å²) in [6.45, 7) is 0. The van der Waals surface area contributed by atoms with Crippen molar-refractivity contribution < 1.29 is 4.42 Å². The molecule has 2 aromatic heterocycles. The Morgan fingerprint density at radius 3 is 1.96 bits per heavy atom. The number of nitrogens with zero attached hydrogens (tertiary/aromatic N) is 3. The average molecular weight is 578 g/mol. The summed E-state index contributed by atoms with van der Waals surface area (Å²) in [6, 6.07) is 48.4. The molecule has 8 aromatic rings. The summed E-state index contributed by atoms with van der Waals surface area (Å²) in [5, 5.41) is 5.86. The molecule has 4 heteroatoms. The minimum absolute atomic E-state index is 0.112. The maximum absolute atomic E-state index is 6.62. The standard InChI is InChI=1S/C41H27N3O/c1-3-11-26(12-4-1)32-23-24-34(37-33-17-9-10-18-36(33)45-38(32)37)41-43-39(29-14-5-2-6-15-29)42-40(44-41)30-22-21-28-20-19-27-13-7-8-16-31(27)35(28)25-30/h1-22,24-25,32H,23H2. The smallest absolute Gasteiger partial charge is 0.164 e. The van der Waals surface area contributed by atoms with Crippen LogP contribution in [-0.2, 0) is 0 Å². The second kappa shape index (κ2) is 10.4. The molecule has 9 rings (SSSR count). The van der Waals surface area contributed by atoms with Crippen LogP contribution < -0.4 is 0 Å². The zero-order valence-electron chi connectivity index (χ0n) is 24.4. The van der Waals surface area contributed by atoms with Crippen LogP contribution in [0.15, 0.2) is 150 Å². The van der Waals surface area contributed by atoms with Gasteiger partial charge in [0.1, 0.15) is 11.3 Å².